The number of aliphatic imine (C=N–C) groups is 1. The van der Waals surface area contributed by atoms with E-state index in [9.17, 15) is 17.8 Å². The maximum atomic E-state index is 12.1. The SMILES string of the molecule is Cc1ccc(S(=O)(=O)O)cc1[C@@](C)(CCCCCC(=O)O)C(/C=C/C=C/Nc1ccccc1)=N/Cc1ccccc1. The van der Waals surface area contributed by atoms with Crippen molar-refractivity contribution in [1.82, 2.24) is 0 Å². The summed E-state index contributed by atoms with van der Waals surface area (Å²) < 4.78 is 33.9. The van der Waals surface area contributed by atoms with Crippen LogP contribution < -0.4 is 5.32 Å². The van der Waals surface area contributed by atoms with Crippen LogP contribution in [0.2, 0.25) is 0 Å². The lowest BCUT2D eigenvalue weighted by Gasteiger charge is -2.33. The van der Waals surface area contributed by atoms with Gasteiger partial charge in [-0.3, -0.25) is 14.3 Å². The number of rotatable bonds is 15. The minimum atomic E-state index is -4.42. The van der Waals surface area contributed by atoms with Crippen LogP contribution in [-0.4, -0.2) is 29.8 Å². The van der Waals surface area contributed by atoms with Crippen LogP contribution in [0.3, 0.4) is 0 Å². The fourth-order valence-electron chi connectivity index (χ4n) is 4.74. The predicted octanol–water partition coefficient (Wildman–Crippen LogP) is 7.36. The molecule has 41 heavy (non-hydrogen) atoms. The molecular weight excluding hydrogens is 536 g/mol. The normalized spacial score (nSPS) is 13.9. The Bertz CT molecular complexity index is 1480. The van der Waals surface area contributed by atoms with E-state index in [4.69, 9.17) is 10.1 Å². The molecule has 0 aliphatic carbocycles. The van der Waals surface area contributed by atoms with E-state index in [-0.39, 0.29) is 11.3 Å². The third-order valence-corrected chi connectivity index (χ3v) is 7.84. The van der Waals surface area contributed by atoms with Gasteiger partial charge in [-0.05, 0) is 79.8 Å². The molecule has 0 aliphatic rings. The number of aliphatic carboxylic acids is 1. The first-order valence-electron chi connectivity index (χ1n) is 13.6. The van der Waals surface area contributed by atoms with E-state index in [1.165, 1.54) is 12.1 Å². The van der Waals surface area contributed by atoms with Crippen molar-refractivity contribution >= 4 is 27.5 Å². The second-order valence-electron chi connectivity index (χ2n) is 10.2. The van der Waals surface area contributed by atoms with Crippen LogP contribution in [0, 0.1) is 6.92 Å². The van der Waals surface area contributed by atoms with Crippen LogP contribution in [0.25, 0.3) is 0 Å². The number of aryl methyl sites for hydroxylation is 1. The number of para-hydroxylation sites is 1. The largest absolute Gasteiger partial charge is 0.481 e. The Hall–Kier alpha value is -4.01. The summed E-state index contributed by atoms with van der Waals surface area (Å²) in [7, 11) is -4.42. The highest BCUT2D eigenvalue weighted by molar-refractivity contribution is 7.85. The van der Waals surface area contributed by atoms with E-state index in [0.717, 1.165) is 28.1 Å². The molecule has 8 heteroatoms. The van der Waals surface area contributed by atoms with Gasteiger partial charge < -0.3 is 10.4 Å². The molecule has 0 bridgehead atoms. The highest BCUT2D eigenvalue weighted by Gasteiger charge is 2.33. The predicted molar refractivity (Wildman–Crippen MR) is 165 cm³/mol. The standard InChI is InChI=1S/C33H38N2O5S/c1-26-20-21-29(41(38,39)40)24-30(26)33(2,22-12-5-10-19-32(36)37)31(35-25-27-14-6-3-7-15-27)18-11-13-23-34-28-16-8-4-9-17-28/h3-4,6-9,11,13-18,20-21,23-24,34H,5,10,12,19,22,25H2,1-2H3,(H,36,37)(H,38,39,40)/b18-11+,23-13+,35-31+/t33-/m1/s1. The third-order valence-electron chi connectivity index (χ3n) is 6.99. The lowest BCUT2D eigenvalue weighted by Crippen LogP contribution is -2.33. The van der Waals surface area contributed by atoms with Crippen LogP contribution in [0.5, 0.6) is 0 Å². The Morgan fingerprint density at radius 3 is 2.29 bits per heavy atom. The average molecular weight is 575 g/mol. The molecule has 0 fully saturated rings. The van der Waals surface area contributed by atoms with Gasteiger partial charge in [-0.1, -0.05) is 73.5 Å². The molecule has 0 spiro atoms. The summed E-state index contributed by atoms with van der Waals surface area (Å²) in [6, 6.07) is 24.3. The molecular formula is C33H38N2O5S. The fourth-order valence-corrected chi connectivity index (χ4v) is 5.25. The third kappa shape index (κ3) is 9.84. The zero-order valence-electron chi connectivity index (χ0n) is 23.5. The van der Waals surface area contributed by atoms with E-state index >= 15 is 0 Å². The first-order valence-corrected chi connectivity index (χ1v) is 15.1. The van der Waals surface area contributed by atoms with E-state index < -0.39 is 21.5 Å². The number of carboxylic acids is 1. The summed E-state index contributed by atoms with van der Waals surface area (Å²) in [6.07, 6.45) is 10.2. The molecule has 0 saturated carbocycles. The molecule has 0 unspecified atom stereocenters. The zero-order valence-corrected chi connectivity index (χ0v) is 24.3. The van der Waals surface area contributed by atoms with Gasteiger partial charge in [0.15, 0.2) is 0 Å². The quantitative estimate of drug-likeness (QED) is 0.0756. The van der Waals surface area contributed by atoms with Gasteiger partial charge in [0.05, 0.1) is 11.4 Å². The van der Waals surface area contributed by atoms with Crippen molar-refractivity contribution in [3.63, 3.8) is 0 Å². The minimum absolute atomic E-state index is 0.0993. The number of anilines is 1. The Labute approximate surface area is 243 Å². The Morgan fingerprint density at radius 2 is 1.63 bits per heavy atom. The molecule has 3 aromatic rings. The number of unbranched alkanes of at least 4 members (excludes halogenated alkanes) is 2. The van der Waals surface area contributed by atoms with Gasteiger partial charge in [0.25, 0.3) is 10.1 Å². The van der Waals surface area contributed by atoms with Gasteiger partial charge in [-0.2, -0.15) is 8.42 Å². The van der Waals surface area contributed by atoms with Crippen molar-refractivity contribution in [3.05, 3.63) is 120 Å². The van der Waals surface area contributed by atoms with Crippen molar-refractivity contribution in [1.29, 1.82) is 0 Å². The van der Waals surface area contributed by atoms with Gasteiger partial charge >= 0.3 is 5.97 Å². The summed E-state index contributed by atoms with van der Waals surface area (Å²) >= 11 is 0. The van der Waals surface area contributed by atoms with Crippen molar-refractivity contribution in [2.24, 2.45) is 4.99 Å². The first-order chi connectivity index (χ1) is 19.6. The van der Waals surface area contributed by atoms with Gasteiger partial charge in [-0.15, -0.1) is 0 Å². The van der Waals surface area contributed by atoms with E-state index in [1.54, 1.807) is 6.07 Å². The molecule has 3 aromatic carbocycles. The Balaban J connectivity index is 2.02. The number of hydrogen-bond donors (Lipinski definition) is 3. The lowest BCUT2D eigenvalue weighted by molar-refractivity contribution is -0.137. The Kier molecular flexibility index (Phi) is 11.6. The smallest absolute Gasteiger partial charge is 0.303 e. The monoisotopic (exact) mass is 574 g/mol. The van der Waals surface area contributed by atoms with Gasteiger partial charge in [0.1, 0.15) is 0 Å². The second kappa shape index (κ2) is 15.1. The number of benzene rings is 3. The first kappa shape index (κ1) is 31.5. The molecule has 0 saturated heterocycles. The van der Waals surface area contributed by atoms with Crippen LogP contribution >= 0.6 is 0 Å². The molecule has 0 amide bonds. The molecule has 0 heterocycles. The van der Waals surface area contributed by atoms with Crippen molar-refractivity contribution in [3.8, 4) is 0 Å². The molecule has 7 nitrogen and oxygen atoms in total. The molecule has 1 atom stereocenters. The average Bonchev–Trinajstić information content (AvgIpc) is 2.94. The number of nitrogens with zero attached hydrogens (tertiary/aromatic N) is 1. The molecule has 3 N–H and O–H groups in total. The van der Waals surface area contributed by atoms with Crippen LogP contribution in [0.4, 0.5) is 5.69 Å². The number of carbonyl (C=O) groups is 1. The summed E-state index contributed by atoms with van der Waals surface area (Å²) in [4.78, 5) is 15.9. The minimum Gasteiger partial charge on any atom is -0.481 e. The summed E-state index contributed by atoms with van der Waals surface area (Å²) in [5.74, 6) is -0.826. The zero-order chi connectivity index (χ0) is 29.7. The number of carboxylic acid groups (broad SMARTS) is 1. The van der Waals surface area contributed by atoms with Crippen molar-refractivity contribution in [2.45, 2.75) is 62.8 Å². The van der Waals surface area contributed by atoms with Gasteiger partial charge in [-0.25, -0.2) is 0 Å². The van der Waals surface area contributed by atoms with Gasteiger partial charge in [0.2, 0.25) is 0 Å². The van der Waals surface area contributed by atoms with Crippen LogP contribution in [0.15, 0.2) is 113 Å². The Morgan fingerprint density at radius 1 is 0.951 bits per heavy atom. The lowest BCUT2D eigenvalue weighted by atomic mass is 9.72. The fraction of sp³-hybridized carbons (Fsp3) is 0.273. The topological polar surface area (TPSA) is 116 Å². The highest BCUT2D eigenvalue weighted by Crippen LogP contribution is 2.36. The highest BCUT2D eigenvalue weighted by atomic mass is 32.2. The summed E-state index contributed by atoms with van der Waals surface area (Å²) in [5, 5.41) is 12.3. The molecule has 3 rings (SSSR count). The number of allylic oxidation sites excluding steroid dienone is 3. The van der Waals surface area contributed by atoms with Crippen molar-refractivity contribution < 1.29 is 22.9 Å². The van der Waals surface area contributed by atoms with E-state index in [1.807, 2.05) is 98.9 Å². The molecule has 0 radical (unpaired) electrons. The summed E-state index contributed by atoms with van der Waals surface area (Å²) in [5.41, 5.74) is 3.63. The van der Waals surface area contributed by atoms with E-state index in [0.29, 0.717) is 32.2 Å². The number of nitrogens with one attached hydrogen (secondary N) is 1. The van der Waals surface area contributed by atoms with Crippen LogP contribution in [0.1, 0.15) is 55.7 Å². The maximum Gasteiger partial charge on any atom is 0.303 e. The van der Waals surface area contributed by atoms with Crippen molar-refractivity contribution in [2.75, 3.05) is 5.32 Å². The number of hydrogen-bond acceptors (Lipinski definition) is 5. The molecule has 216 valence electrons. The second-order valence-corrected chi connectivity index (χ2v) is 11.6. The van der Waals surface area contributed by atoms with E-state index in [2.05, 4.69) is 5.32 Å². The maximum absolute atomic E-state index is 12.1. The molecule has 0 aromatic heterocycles. The van der Waals surface area contributed by atoms with Gasteiger partial charge in [0, 0.05) is 29.4 Å². The summed E-state index contributed by atoms with van der Waals surface area (Å²) in [6.45, 7) is 4.37. The molecule has 0 aliphatic heterocycles. The van der Waals surface area contributed by atoms with Crippen LogP contribution in [-0.2, 0) is 26.9 Å².